The molecule has 0 spiro atoms. The summed E-state index contributed by atoms with van der Waals surface area (Å²) in [5.74, 6) is 0.587. The molecule has 3 aliphatic heterocycles. The predicted molar refractivity (Wildman–Crippen MR) is 106 cm³/mol. The Balaban J connectivity index is 1.51. The van der Waals surface area contributed by atoms with Crippen LogP contribution in [0.15, 0.2) is 36.5 Å². The van der Waals surface area contributed by atoms with Gasteiger partial charge in [0.1, 0.15) is 16.8 Å². The number of thiophene rings is 1. The first-order valence-electron chi connectivity index (χ1n) is 9.42. The minimum atomic E-state index is -0.398. The molecular formula is C20H23N3O4S. The SMILES string of the molecule is COC(=O)c1ccc(CN(C(=O)O[C@H]2CN3CCC2CC3)c2ccccn2)s1. The fraction of sp³-hybridized carbons (Fsp3) is 0.450. The Bertz CT molecular complexity index is 833. The summed E-state index contributed by atoms with van der Waals surface area (Å²) in [6.45, 7) is 3.28. The number of ether oxygens (including phenoxy) is 2. The van der Waals surface area contributed by atoms with Crippen molar-refractivity contribution in [2.24, 2.45) is 5.92 Å². The van der Waals surface area contributed by atoms with Crippen LogP contribution in [-0.4, -0.2) is 54.8 Å². The number of anilines is 1. The molecule has 0 N–H and O–H groups in total. The molecule has 0 saturated carbocycles. The molecule has 0 aliphatic carbocycles. The normalized spacial score (nSPS) is 23.2. The summed E-state index contributed by atoms with van der Waals surface area (Å²) in [6, 6.07) is 8.97. The van der Waals surface area contributed by atoms with Crippen molar-refractivity contribution in [1.29, 1.82) is 0 Å². The third kappa shape index (κ3) is 4.02. The van der Waals surface area contributed by atoms with E-state index < -0.39 is 6.09 Å². The number of nitrogens with zero attached hydrogens (tertiary/aromatic N) is 3. The zero-order chi connectivity index (χ0) is 19.5. The lowest BCUT2D eigenvalue weighted by Crippen LogP contribution is -2.53. The molecule has 0 aromatic carbocycles. The van der Waals surface area contributed by atoms with Crippen molar-refractivity contribution in [3.63, 3.8) is 0 Å². The van der Waals surface area contributed by atoms with E-state index in [0.29, 0.717) is 23.2 Å². The first-order valence-corrected chi connectivity index (χ1v) is 10.2. The van der Waals surface area contributed by atoms with E-state index in [1.807, 2.05) is 12.1 Å². The molecule has 7 nitrogen and oxygen atoms in total. The lowest BCUT2D eigenvalue weighted by Gasteiger charge is -2.44. The lowest BCUT2D eigenvalue weighted by molar-refractivity contribution is -0.0311. The van der Waals surface area contributed by atoms with Gasteiger partial charge in [0.15, 0.2) is 0 Å². The maximum absolute atomic E-state index is 13.0. The second-order valence-electron chi connectivity index (χ2n) is 7.09. The molecule has 5 rings (SSSR count). The van der Waals surface area contributed by atoms with Crippen LogP contribution in [0.25, 0.3) is 0 Å². The first-order chi connectivity index (χ1) is 13.6. The highest BCUT2D eigenvalue weighted by Gasteiger charge is 2.37. The Hall–Kier alpha value is -2.45. The van der Waals surface area contributed by atoms with E-state index in [2.05, 4.69) is 9.88 Å². The number of carbonyl (C=O) groups is 2. The van der Waals surface area contributed by atoms with Crippen molar-refractivity contribution in [2.45, 2.75) is 25.5 Å². The number of methoxy groups -OCH3 is 1. The van der Waals surface area contributed by atoms with E-state index >= 15 is 0 Å². The molecule has 28 heavy (non-hydrogen) atoms. The largest absolute Gasteiger partial charge is 0.465 e. The van der Waals surface area contributed by atoms with Gasteiger partial charge in [-0.05, 0) is 56.1 Å². The lowest BCUT2D eigenvalue weighted by atomic mass is 9.86. The number of amides is 1. The monoisotopic (exact) mass is 401 g/mol. The van der Waals surface area contributed by atoms with Crippen LogP contribution < -0.4 is 4.90 Å². The third-order valence-corrected chi connectivity index (χ3v) is 6.41. The number of carbonyl (C=O) groups excluding carboxylic acids is 2. The van der Waals surface area contributed by atoms with Gasteiger partial charge >= 0.3 is 12.1 Å². The van der Waals surface area contributed by atoms with Gasteiger partial charge in [-0.3, -0.25) is 9.80 Å². The Morgan fingerprint density at radius 1 is 1.25 bits per heavy atom. The number of esters is 1. The standard InChI is InChI=1S/C20H23N3O4S/c1-26-19(24)17-6-5-15(28-17)12-23(18-4-2-3-9-21-18)20(25)27-16-13-22-10-7-14(16)8-11-22/h2-6,9,14,16H,7-8,10-13H2,1H3/t16-/m0/s1. The van der Waals surface area contributed by atoms with Gasteiger partial charge in [-0.15, -0.1) is 11.3 Å². The number of aromatic nitrogens is 1. The van der Waals surface area contributed by atoms with Crippen molar-refractivity contribution < 1.29 is 19.1 Å². The summed E-state index contributed by atoms with van der Waals surface area (Å²) < 4.78 is 10.7. The average molecular weight is 401 g/mol. The molecule has 3 aliphatic rings. The molecule has 0 radical (unpaired) electrons. The number of rotatable bonds is 5. The fourth-order valence-electron chi connectivity index (χ4n) is 3.82. The predicted octanol–water partition coefficient (Wildman–Crippen LogP) is 3.17. The minimum Gasteiger partial charge on any atom is -0.465 e. The Morgan fingerprint density at radius 3 is 2.71 bits per heavy atom. The summed E-state index contributed by atoms with van der Waals surface area (Å²) in [7, 11) is 1.35. The molecule has 2 bridgehead atoms. The van der Waals surface area contributed by atoms with Crippen LogP contribution in [0, 0.1) is 5.92 Å². The molecule has 148 valence electrons. The van der Waals surface area contributed by atoms with Crippen molar-refractivity contribution in [1.82, 2.24) is 9.88 Å². The summed E-state index contributed by atoms with van der Waals surface area (Å²) in [4.78, 5) is 34.3. The second kappa shape index (κ2) is 8.28. The van der Waals surface area contributed by atoms with Gasteiger partial charge in [-0.1, -0.05) is 6.07 Å². The van der Waals surface area contributed by atoms with Crippen molar-refractivity contribution in [3.8, 4) is 0 Å². The Kier molecular flexibility index (Phi) is 5.59. The third-order valence-electron chi connectivity index (χ3n) is 5.36. The van der Waals surface area contributed by atoms with Gasteiger partial charge in [-0.2, -0.15) is 0 Å². The molecule has 3 saturated heterocycles. The zero-order valence-electron chi connectivity index (χ0n) is 15.7. The summed E-state index contributed by atoms with van der Waals surface area (Å²) >= 11 is 1.30. The molecule has 3 fully saturated rings. The number of hydrogen-bond donors (Lipinski definition) is 0. The van der Waals surface area contributed by atoms with Crippen LogP contribution in [0.2, 0.25) is 0 Å². The average Bonchev–Trinajstić information content (AvgIpc) is 3.21. The number of piperidine rings is 3. The summed E-state index contributed by atoms with van der Waals surface area (Å²) in [5.41, 5.74) is 0. The van der Waals surface area contributed by atoms with Gasteiger partial charge in [0, 0.05) is 17.6 Å². The summed E-state index contributed by atoms with van der Waals surface area (Å²) in [6.07, 6.45) is 3.34. The zero-order valence-corrected chi connectivity index (χ0v) is 16.6. The van der Waals surface area contributed by atoms with E-state index in [1.54, 1.807) is 24.4 Å². The maximum Gasteiger partial charge on any atom is 0.416 e. The molecule has 1 amide bonds. The van der Waals surface area contributed by atoms with Crippen LogP contribution in [0.1, 0.15) is 27.4 Å². The maximum atomic E-state index is 13.0. The number of pyridine rings is 1. The van der Waals surface area contributed by atoms with E-state index in [-0.39, 0.29) is 12.1 Å². The van der Waals surface area contributed by atoms with Crippen LogP contribution in [0.4, 0.5) is 10.6 Å². The van der Waals surface area contributed by atoms with E-state index in [9.17, 15) is 9.59 Å². The molecule has 8 heteroatoms. The van der Waals surface area contributed by atoms with Crippen LogP contribution in [0.5, 0.6) is 0 Å². The highest BCUT2D eigenvalue weighted by Crippen LogP contribution is 2.30. The highest BCUT2D eigenvalue weighted by molar-refractivity contribution is 7.13. The van der Waals surface area contributed by atoms with Crippen molar-refractivity contribution in [2.75, 3.05) is 31.6 Å². The molecular weight excluding hydrogens is 378 g/mol. The summed E-state index contributed by atoms with van der Waals surface area (Å²) in [5, 5.41) is 0. The fourth-order valence-corrected chi connectivity index (χ4v) is 4.73. The van der Waals surface area contributed by atoms with Crippen molar-refractivity contribution in [3.05, 3.63) is 46.3 Å². The number of fused-ring (bicyclic) bond motifs is 3. The van der Waals surface area contributed by atoms with E-state index in [4.69, 9.17) is 9.47 Å². The quantitative estimate of drug-likeness (QED) is 0.717. The van der Waals surface area contributed by atoms with Gasteiger partial charge < -0.3 is 9.47 Å². The molecule has 2 aromatic heterocycles. The van der Waals surface area contributed by atoms with Crippen molar-refractivity contribution >= 4 is 29.2 Å². The van der Waals surface area contributed by atoms with E-state index in [1.165, 1.54) is 23.3 Å². The Labute approximate surface area is 167 Å². The topological polar surface area (TPSA) is 72.0 Å². The van der Waals surface area contributed by atoms with E-state index in [0.717, 1.165) is 37.4 Å². The molecule has 2 aromatic rings. The van der Waals surface area contributed by atoms with Gasteiger partial charge in [0.05, 0.1) is 13.7 Å². The van der Waals surface area contributed by atoms with Gasteiger partial charge in [0.25, 0.3) is 0 Å². The molecule has 0 unspecified atom stereocenters. The number of hydrogen-bond acceptors (Lipinski definition) is 7. The molecule has 5 heterocycles. The van der Waals surface area contributed by atoms with Crippen LogP contribution in [0.3, 0.4) is 0 Å². The van der Waals surface area contributed by atoms with Gasteiger partial charge in [-0.25, -0.2) is 14.6 Å². The van der Waals surface area contributed by atoms with Gasteiger partial charge in [0.2, 0.25) is 0 Å². The second-order valence-corrected chi connectivity index (χ2v) is 8.26. The Morgan fingerprint density at radius 2 is 2.07 bits per heavy atom. The molecule has 1 atom stereocenters. The first kappa shape index (κ1) is 18.9. The van der Waals surface area contributed by atoms with Crippen LogP contribution in [-0.2, 0) is 16.0 Å². The minimum absolute atomic E-state index is 0.0739. The van der Waals surface area contributed by atoms with Crippen LogP contribution >= 0.6 is 11.3 Å². The highest BCUT2D eigenvalue weighted by atomic mass is 32.1. The smallest absolute Gasteiger partial charge is 0.416 e.